The number of carbonyl (C=O) groups is 1. The van der Waals surface area contributed by atoms with Crippen molar-refractivity contribution in [3.8, 4) is 11.5 Å². The maximum Gasteiger partial charge on any atom is 0.255 e. The molecule has 1 aromatic heterocycles. The van der Waals surface area contributed by atoms with E-state index in [1.807, 2.05) is 87.5 Å². The molecule has 1 aliphatic heterocycles. The van der Waals surface area contributed by atoms with E-state index in [0.29, 0.717) is 47.6 Å². The molecule has 3 aromatic carbocycles. The second-order valence-electron chi connectivity index (χ2n) is 8.89. The molecule has 1 aliphatic rings. The molecule has 5 rings (SSSR count). The van der Waals surface area contributed by atoms with Crippen LogP contribution in [-0.4, -0.2) is 32.7 Å². The van der Waals surface area contributed by atoms with Gasteiger partial charge in [-0.05, 0) is 84.3 Å². The van der Waals surface area contributed by atoms with E-state index >= 15 is 0 Å². The van der Waals surface area contributed by atoms with E-state index < -0.39 is 6.04 Å². The van der Waals surface area contributed by atoms with Crippen LogP contribution in [0.2, 0.25) is 0 Å². The summed E-state index contributed by atoms with van der Waals surface area (Å²) in [6.45, 7) is 6.57. The van der Waals surface area contributed by atoms with Gasteiger partial charge in [0, 0.05) is 15.9 Å². The van der Waals surface area contributed by atoms with Gasteiger partial charge in [0.25, 0.3) is 5.91 Å². The predicted octanol–water partition coefficient (Wildman–Crippen LogP) is 5.65. The van der Waals surface area contributed by atoms with Crippen molar-refractivity contribution < 1.29 is 14.3 Å². The molecule has 1 unspecified atom stereocenters. The summed E-state index contributed by atoms with van der Waals surface area (Å²) >= 11 is 3.50. The molecule has 38 heavy (non-hydrogen) atoms. The number of halogens is 1. The molecular formula is C28H27BrN6O3. The monoisotopic (exact) mass is 574 g/mol. The summed E-state index contributed by atoms with van der Waals surface area (Å²) in [7, 11) is 0. The van der Waals surface area contributed by atoms with Gasteiger partial charge in [0.1, 0.15) is 12.6 Å². The van der Waals surface area contributed by atoms with Gasteiger partial charge >= 0.3 is 0 Å². The van der Waals surface area contributed by atoms with E-state index in [0.717, 1.165) is 21.2 Å². The minimum absolute atomic E-state index is 0.250. The highest BCUT2D eigenvalue weighted by atomic mass is 79.9. The fraction of sp³-hybridized carbons (Fsp3) is 0.214. The number of carbonyl (C=O) groups excluding carboxylic acids is 1. The van der Waals surface area contributed by atoms with Gasteiger partial charge in [-0.25, -0.2) is 0 Å². The number of aromatic nitrogens is 4. The number of benzene rings is 3. The maximum absolute atomic E-state index is 13.6. The molecule has 0 spiro atoms. The Morgan fingerprint density at radius 1 is 1.05 bits per heavy atom. The SMILES string of the molecule is CCOc1cc(C2C(C(=O)Nc3cccc(C)c3)=C(C)Nc3nnnn32)ccc1OCc1cccc(Br)c1. The number of nitrogens with zero attached hydrogens (tertiary/aromatic N) is 4. The molecule has 0 radical (unpaired) electrons. The van der Waals surface area contributed by atoms with E-state index in [9.17, 15) is 4.79 Å². The number of hydrogen-bond donors (Lipinski definition) is 2. The molecule has 10 heteroatoms. The van der Waals surface area contributed by atoms with Crippen molar-refractivity contribution in [2.75, 3.05) is 17.2 Å². The van der Waals surface area contributed by atoms with Crippen LogP contribution >= 0.6 is 15.9 Å². The first-order valence-corrected chi connectivity index (χ1v) is 13.0. The third kappa shape index (κ3) is 5.40. The second kappa shape index (κ2) is 11.1. The topological polar surface area (TPSA) is 103 Å². The van der Waals surface area contributed by atoms with Crippen LogP contribution in [0.4, 0.5) is 11.6 Å². The second-order valence-corrected chi connectivity index (χ2v) is 9.81. The lowest BCUT2D eigenvalue weighted by Gasteiger charge is -2.28. The largest absolute Gasteiger partial charge is 0.490 e. The summed E-state index contributed by atoms with van der Waals surface area (Å²) in [5, 5.41) is 18.3. The van der Waals surface area contributed by atoms with Gasteiger partial charge in [-0.3, -0.25) is 4.79 Å². The van der Waals surface area contributed by atoms with E-state index in [2.05, 4.69) is 42.1 Å². The fourth-order valence-corrected chi connectivity index (χ4v) is 4.85. The molecule has 2 N–H and O–H groups in total. The minimum Gasteiger partial charge on any atom is -0.490 e. The van der Waals surface area contributed by atoms with Gasteiger partial charge in [0.05, 0.1) is 12.2 Å². The van der Waals surface area contributed by atoms with Crippen molar-refractivity contribution >= 4 is 33.5 Å². The Hall–Kier alpha value is -4.18. The van der Waals surface area contributed by atoms with Gasteiger partial charge in [0.15, 0.2) is 11.5 Å². The predicted molar refractivity (Wildman–Crippen MR) is 148 cm³/mol. The van der Waals surface area contributed by atoms with Gasteiger partial charge in [-0.1, -0.05) is 51.4 Å². The first kappa shape index (κ1) is 25.5. The number of aryl methyl sites for hydroxylation is 1. The van der Waals surface area contributed by atoms with Gasteiger partial charge in [-0.15, -0.1) is 0 Å². The molecule has 4 aromatic rings. The molecule has 1 atom stereocenters. The Kier molecular flexibility index (Phi) is 7.41. The van der Waals surface area contributed by atoms with E-state index in [4.69, 9.17) is 9.47 Å². The van der Waals surface area contributed by atoms with Crippen LogP contribution < -0.4 is 20.1 Å². The minimum atomic E-state index is -0.579. The van der Waals surface area contributed by atoms with Crippen LogP contribution in [0, 0.1) is 6.92 Å². The van der Waals surface area contributed by atoms with Gasteiger partial charge < -0.3 is 20.1 Å². The number of anilines is 2. The number of tetrazole rings is 1. The first-order valence-electron chi connectivity index (χ1n) is 12.2. The van der Waals surface area contributed by atoms with Crippen molar-refractivity contribution in [3.63, 3.8) is 0 Å². The third-order valence-electron chi connectivity index (χ3n) is 6.10. The average Bonchev–Trinajstić information content (AvgIpc) is 3.35. The summed E-state index contributed by atoms with van der Waals surface area (Å²) < 4.78 is 14.7. The Bertz CT molecular complexity index is 1520. The molecule has 1 amide bonds. The number of nitrogens with one attached hydrogen (secondary N) is 2. The number of amides is 1. The normalized spacial score (nSPS) is 14.5. The molecule has 194 valence electrons. The number of ether oxygens (including phenoxy) is 2. The van der Waals surface area contributed by atoms with Gasteiger partial charge in [-0.2, -0.15) is 4.68 Å². The third-order valence-corrected chi connectivity index (χ3v) is 6.59. The Morgan fingerprint density at radius 2 is 1.89 bits per heavy atom. The van der Waals surface area contributed by atoms with E-state index in [1.54, 1.807) is 4.68 Å². The summed E-state index contributed by atoms with van der Waals surface area (Å²) in [6.07, 6.45) is 0. The van der Waals surface area contributed by atoms with E-state index in [-0.39, 0.29) is 5.91 Å². The van der Waals surface area contributed by atoms with Crippen molar-refractivity contribution in [2.45, 2.75) is 33.4 Å². The summed E-state index contributed by atoms with van der Waals surface area (Å²) in [5.74, 6) is 1.38. The Morgan fingerprint density at radius 3 is 2.68 bits per heavy atom. The highest BCUT2D eigenvalue weighted by molar-refractivity contribution is 9.10. The summed E-state index contributed by atoms with van der Waals surface area (Å²) in [6, 6.07) is 20.7. The van der Waals surface area contributed by atoms with Crippen LogP contribution in [0.1, 0.15) is 36.6 Å². The first-order chi connectivity index (χ1) is 18.4. The zero-order valence-corrected chi connectivity index (χ0v) is 22.8. The van der Waals surface area contributed by atoms with Crippen molar-refractivity contribution in [1.29, 1.82) is 0 Å². The number of fused-ring (bicyclic) bond motifs is 1. The zero-order valence-electron chi connectivity index (χ0n) is 21.2. The van der Waals surface area contributed by atoms with Crippen LogP contribution in [0.25, 0.3) is 0 Å². The van der Waals surface area contributed by atoms with Crippen molar-refractivity contribution in [3.05, 3.63) is 99.2 Å². The Balaban J connectivity index is 1.49. The lowest BCUT2D eigenvalue weighted by molar-refractivity contribution is -0.113. The molecular weight excluding hydrogens is 548 g/mol. The van der Waals surface area contributed by atoms with Crippen LogP contribution in [-0.2, 0) is 11.4 Å². The number of hydrogen-bond acceptors (Lipinski definition) is 7. The molecule has 9 nitrogen and oxygen atoms in total. The fourth-order valence-electron chi connectivity index (χ4n) is 4.41. The number of rotatable bonds is 8. The molecule has 0 fully saturated rings. The molecule has 0 aliphatic carbocycles. The molecule has 0 saturated heterocycles. The summed E-state index contributed by atoms with van der Waals surface area (Å²) in [5.41, 5.74) is 4.73. The quantitative estimate of drug-likeness (QED) is 0.280. The summed E-state index contributed by atoms with van der Waals surface area (Å²) in [4.78, 5) is 13.6. The molecule has 0 bridgehead atoms. The average molecular weight is 575 g/mol. The maximum atomic E-state index is 13.6. The van der Waals surface area contributed by atoms with Crippen LogP contribution in [0.3, 0.4) is 0 Å². The van der Waals surface area contributed by atoms with Crippen molar-refractivity contribution in [1.82, 2.24) is 20.2 Å². The highest BCUT2D eigenvalue weighted by Crippen LogP contribution is 2.39. The molecule has 2 heterocycles. The smallest absolute Gasteiger partial charge is 0.255 e. The lowest BCUT2D eigenvalue weighted by Crippen LogP contribution is -2.31. The standard InChI is InChI=1S/C28H27BrN6O3/c1-4-37-24-15-20(11-12-23(24)38-16-19-8-6-9-21(29)14-19)26-25(18(3)30-28-32-33-34-35(26)28)27(36)31-22-10-5-7-17(2)13-22/h5-15,26H,4,16H2,1-3H3,(H,31,36)(H,30,32,34). The van der Waals surface area contributed by atoms with Gasteiger partial charge in [0.2, 0.25) is 5.95 Å². The van der Waals surface area contributed by atoms with E-state index in [1.165, 1.54) is 0 Å². The Labute approximate surface area is 229 Å². The lowest BCUT2D eigenvalue weighted by atomic mass is 9.94. The highest BCUT2D eigenvalue weighted by Gasteiger charge is 2.34. The zero-order chi connectivity index (χ0) is 26.6. The van der Waals surface area contributed by atoms with Crippen LogP contribution in [0.5, 0.6) is 11.5 Å². The van der Waals surface area contributed by atoms with Crippen LogP contribution in [0.15, 0.2) is 82.5 Å². The number of allylic oxidation sites excluding steroid dienone is 1. The molecule has 0 saturated carbocycles. The van der Waals surface area contributed by atoms with Crippen molar-refractivity contribution in [2.24, 2.45) is 0 Å².